The molecule has 4 aromatic rings. The molecule has 0 unspecified atom stereocenters. The zero-order valence-corrected chi connectivity index (χ0v) is 32.2. The van der Waals surface area contributed by atoms with Crippen molar-refractivity contribution < 1.29 is 32.7 Å². The fourth-order valence-corrected chi connectivity index (χ4v) is 9.64. The van der Waals surface area contributed by atoms with Gasteiger partial charge in [0, 0.05) is 68.2 Å². The molecule has 2 saturated carbocycles. The maximum atomic E-state index is 13.8. The van der Waals surface area contributed by atoms with Gasteiger partial charge in [-0.1, -0.05) is 0 Å². The third-order valence-corrected chi connectivity index (χ3v) is 13.5. The maximum absolute atomic E-state index is 13.8. The molecule has 56 heavy (non-hydrogen) atoms. The van der Waals surface area contributed by atoms with Crippen molar-refractivity contribution in [2.45, 2.75) is 74.8 Å². The lowest BCUT2D eigenvalue weighted by Crippen LogP contribution is -2.57. The Morgan fingerprint density at radius 1 is 1.05 bits per heavy atom. The fourth-order valence-electron chi connectivity index (χ4n) is 8.71. The number of ether oxygens (including phenoxy) is 2. The number of carbonyl (C=O) groups excluding carboxylic acids is 1. The number of pyridine rings is 2. The highest BCUT2D eigenvalue weighted by Crippen LogP contribution is 2.51. The van der Waals surface area contributed by atoms with Gasteiger partial charge in [-0.2, -0.15) is 0 Å². The number of hydrogen-bond acceptors (Lipinski definition) is 13. The van der Waals surface area contributed by atoms with Crippen molar-refractivity contribution >= 4 is 44.2 Å². The predicted octanol–water partition coefficient (Wildman–Crippen LogP) is 5.21. The first-order valence-corrected chi connectivity index (χ1v) is 20.8. The maximum Gasteiger partial charge on any atom is 0.312 e. The van der Waals surface area contributed by atoms with Crippen molar-refractivity contribution in [3.05, 3.63) is 70.7 Å². The van der Waals surface area contributed by atoms with Crippen LogP contribution in [0.4, 0.5) is 17.2 Å². The number of nitrogens with zero attached hydrogens (tertiary/aromatic N) is 5. The average Bonchev–Trinajstić information content (AvgIpc) is 3.65. The normalized spacial score (nSPS) is 23.1. The van der Waals surface area contributed by atoms with E-state index >= 15 is 0 Å². The minimum absolute atomic E-state index is 0.0421. The van der Waals surface area contributed by atoms with E-state index in [1.165, 1.54) is 25.1 Å². The van der Waals surface area contributed by atoms with Gasteiger partial charge >= 0.3 is 5.69 Å². The summed E-state index contributed by atoms with van der Waals surface area (Å²) in [4.78, 5) is 40.9. The van der Waals surface area contributed by atoms with E-state index in [9.17, 15) is 28.4 Å². The molecule has 4 fully saturated rings. The molecular formula is C39H48N8O8S. The summed E-state index contributed by atoms with van der Waals surface area (Å²) in [7, 11) is -4.61. The quantitative estimate of drug-likeness (QED) is 0.114. The molecule has 0 bridgehead atoms. The molecule has 4 N–H and O–H groups in total. The lowest BCUT2D eigenvalue weighted by atomic mass is 9.60. The van der Waals surface area contributed by atoms with Crippen LogP contribution in [0.25, 0.3) is 11.0 Å². The second kappa shape index (κ2) is 15.2. The number of morpholine rings is 1. The van der Waals surface area contributed by atoms with E-state index < -0.39 is 37.0 Å². The summed E-state index contributed by atoms with van der Waals surface area (Å²) in [5.41, 5.74) is 0.545. The molecule has 3 aromatic heterocycles. The summed E-state index contributed by atoms with van der Waals surface area (Å²) in [5.74, 6) is -0.383. The van der Waals surface area contributed by atoms with Crippen LogP contribution < -0.4 is 19.7 Å². The van der Waals surface area contributed by atoms with E-state index in [1.54, 1.807) is 31.3 Å². The highest BCUT2D eigenvalue weighted by atomic mass is 32.2. The van der Waals surface area contributed by atoms with Crippen molar-refractivity contribution in [2.24, 2.45) is 11.3 Å². The molecule has 5 heterocycles. The summed E-state index contributed by atoms with van der Waals surface area (Å²) in [6.07, 6.45) is 11.5. The number of benzene rings is 1. The van der Waals surface area contributed by atoms with Crippen LogP contribution in [0.1, 0.15) is 68.6 Å². The topological polar surface area (TPSA) is 205 Å². The van der Waals surface area contributed by atoms with E-state index in [-0.39, 0.29) is 23.0 Å². The van der Waals surface area contributed by atoms with Crippen molar-refractivity contribution in [3.8, 4) is 11.5 Å². The Balaban J connectivity index is 0.985. The number of aromatic nitrogens is 3. The van der Waals surface area contributed by atoms with Gasteiger partial charge in [0.05, 0.1) is 41.7 Å². The van der Waals surface area contributed by atoms with Crippen LogP contribution in [0.15, 0.2) is 59.9 Å². The highest BCUT2D eigenvalue weighted by molar-refractivity contribution is 7.90. The van der Waals surface area contributed by atoms with E-state index in [0.717, 1.165) is 88.4 Å². The number of anilines is 2. The fraction of sp³-hybridized carbons (Fsp3) is 0.513. The minimum Gasteiger partial charge on any atom is -0.455 e. The molecule has 4 aliphatic rings. The van der Waals surface area contributed by atoms with E-state index in [1.807, 2.05) is 6.07 Å². The number of sulfonamides is 1. The largest absolute Gasteiger partial charge is 0.455 e. The predicted molar refractivity (Wildman–Crippen MR) is 209 cm³/mol. The molecule has 0 radical (unpaired) electrons. The van der Waals surface area contributed by atoms with Gasteiger partial charge in [0.1, 0.15) is 22.0 Å². The van der Waals surface area contributed by atoms with Crippen LogP contribution in [-0.2, 0) is 14.8 Å². The summed E-state index contributed by atoms with van der Waals surface area (Å²) in [6, 6.07) is 10.2. The number of fused-ring (bicyclic) bond motifs is 1. The Labute approximate surface area is 325 Å². The molecule has 2 aliphatic heterocycles. The van der Waals surface area contributed by atoms with Crippen LogP contribution in [0.2, 0.25) is 0 Å². The number of H-pyrrole nitrogens is 1. The first-order chi connectivity index (χ1) is 26.9. The number of amides is 1. The minimum atomic E-state index is -4.61. The van der Waals surface area contributed by atoms with E-state index in [4.69, 9.17) is 9.47 Å². The molecule has 16 nitrogen and oxygen atoms in total. The third kappa shape index (κ3) is 8.17. The Kier molecular flexibility index (Phi) is 10.4. The highest BCUT2D eigenvalue weighted by Gasteiger charge is 2.48. The van der Waals surface area contributed by atoms with E-state index in [2.05, 4.69) is 34.8 Å². The summed E-state index contributed by atoms with van der Waals surface area (Å²) in [5, 5.41) is 26.1. The van der Waals surface area contributed by atoms with Gasteiger partial charge in [-0.15, -0.1) is 0 Å². The molecule has 2 saturated heterocycles. The zero-order chi connectivity index (χ0) is 39.1. The Bertz CT molecular complexity index is 2200. The second-order valence-corrected chi connectivity index (χ2v) is 17.8. The molecule has 1 aromatic carbocycles. The van der Waals surface area contributed by atoms with Gasteiger partial charge in [0.15, 0.2) is 0 Å². The molecule has 17 heteroatoms. The van der Waals surface area contributed by atoms with Crippen molar-refractivity contribution in [3.63, 3.8) is 0 Å². The smallest absolute Gasteiger partial charge is 0.312 e. The summed E-state index contributed by atoms with van der Waals surface area (Å²) in [6.45, 7) is 7.45. The van der Waals surface area contributed by atoms with Gasteiger partial charge < -0.3 is 29.8 Å². The number of piperidine rings is 1. The Morgan fingerprint density at radius 3 is 2.54 bits per heavy atom. The molecule has 2 aliphatic carbocycles. The van der Waals surface area contributed by atoms with Gasteiger partial charge in [0.2, 0.25) is 5.82 Å². The third-order valence-electron chi connectivity index (χ3n) is 12.2. The molecule has 0 atom stereocenters. The van der Waals surface area contributed by atoms with Gasteiger partial charge in [-0.3, -0.25) is 19.8 Å². The van der Waals surface area contributed by atoms with Crippen LogP contribution >= 0.6 is 0 Å². The van der Waals surface area contributed by atoms with Crippen molar-refractivity contribution in [1.29, 1.82) is 0 Å². The Hall–Kier alpha value is -4.84. The van der Waals surface area contributed by atoms with Gasteiger partial charge in [0.25, 0.3) is 15.9 Å². The zero-order valence-electron chi connectivity index (χ0n) is 31.4. The first-order valence-electron chi connectivity index (χ1n) is 19.4. The van der Waals surface area contributed by atoms with Gasteiger partial charge in [-0.05, 0) is 93.9 Å². The van der Waals surface area contributed by atoms with Crippen LogP contribution in [-0.4, -0.2) is 102 Å². The number of nitrogens with one attached hydrogen (secondary N) is 3. The van der Waals surface area contributed by atoms with Crippen LogP contribution in [0, 0.1) is 21.4 Å². The number of hydrogen-bond donors (Lipinski definition) is 4. The van der Waals surface area contributed by atoms with Crippen LogP contribution in [0.5, 0.6) is 11.5 Å². The molecule has 1 spiro atoms. The Morgan fingerprint density at radius 2 is 1.80 bits per heavy atom. The lowest BCUT2D eigenvalue weighted by molar-refractivity contribution is -0.384. The monoisotopic (exact) mass is 788 g/mol. The standard InChI is InChI=1S/C39H48N8O8S/c1-38(49)7-4-26(5-8-38)23-41-36-33(47(50)51)20-31(25-43-36)56(52,53)44-37(48)32-3-2-28(19-34(32)55-30-18-27-6-11-40-35(27)42-24-30)45-12-9-39(10-13-45)21-29(22-39)46-14-16-54-17-15-46/h2-3,6,11,18-20,24-26,29,49H,4-5,7-10,12-17,21-23H2,1H3,(H,40,42)(H,41,43)(H,44,48)/t26-,38+. The second-order valence-electron chi connectivity index (χ2n) is 16.1. The molecule has 8 rings (SSSR count). The summed E-state index contributed by atoms with van der Waals surface area (Å²) >= 11 is 0. The van der Waals surface area contributed by atoms with Crippen LogP contribution in [0.3, 0.4) is 0 Å². The molecular weight excluding hydrogens is 741 g/mol. The number of rotatable bonds is 11. The molecule has 1 amide bonds. The number of carbonyl (C=O) groups is 1. The van der Waals surface area contributed by atoms with E-state index in [0.29, 0.717) is 42.2 Å². The molecule has 298 valence electrons. The number of aromatic amines is 1. The lowest BCUT2D eigenvalue weighted by Gasteiger charge is -2.56. The van der Waals surface area contributed by atoms with Gasteiger partial charge in [-0.25, -0.2) is 23.1 Å². The average molecular weight is 789 g/mol. The number of nitro groups is 1. The summed E-state index contributed by atoms with van der Waals surface area (Å²) < 4.78 is 41.0. The number of aliphatic hydroxyl groups is 1. The van der Waals surface area contributed by atoms with Crippen molar-refractivity contribution in [1.82, 2.24) is 24.6 Å². The van der Waals surface area contributed by atoms with Crippen molar-refractivity contribution in [2.75, 3.05) is 56.2 Å². The SMILES string of the molecule is C[C@]1(O)CC[C@@H](CNc2ncc(S(=O)(=O)NC(=O)c3ccc(N4CCC5(CC4)CC(N4CCOCC4)C5)cc3Oc3cnc4[nH]ccc4c3)cc2[N+](=O)[O-])CC1. The first kappa shape index (κ1) is 38.1.